The summed E-state index contributed by atoms with van der Waals surface area (Å²) in [5, 5.41) is 3.90. The highest BCUT2D eigenvalue weighted by atomic mass is 16.6. The van der Waals surface area contributed by atoms with Gasteiger partial charge in [0.15, 0.2) is 6.61 Å². The third-order valence-corrected chi connectivity index (χ3v) is 2.91. The van der Waals surface area contributed by atoms with Crippen LogP contribution < -0.4 is 5.73 Å². The summed E-state index contributed by atoms with van der Waals surface area (Å²) in [6.45, 7) is 6.27. The summed E-state index contributed by atoms with van der Waals surface area (Å²) in [7, 11) is 0. The molecule has 21 heavy (non-hydrogen) atoms. The zero-order valence-corrected chi connectivity index (χ0v) is 12.7. The van der Waals surface area contributed by atoms with Gasteiger partial charge >= 0.3 is 0 Å². The number of nitrogens with two attached hydrogens (primary N) is 1. The number of amidine groups is 1. The van der Waals surface area contributed by atoms with Crippen LogP contribution in [0.15, 0.2) is 39.9 Å². The molecule has 0 saturated heterocycles. The van der Waals surface area contributed by atoms with Crippen molar-refractivity contribution < 1.29 is 9.25 Å². The lowest BCUT2D eigenvalue weighted by atomic mass is 10.1. The molecule has 1 aromatic carbocycles. The number of nitrogens with zero attached hydrogens (tertiary/aromatic N) is 2. The molecule has 0 amide bonds. The molecular formula is C16H21N3O2. The van der Waals surface area contributed by atoms with Crippen LogP contribution in [-0.2, 0) is 11.4 Å². The second kappa shape index (κ2) is 6.92. The Morgan fingerprint density at radius 3 is 2.71 bits per heavy atom. The van der Waals surface area contributed by atoms with E-state index in [4.69, 9.17) is 15.0 Å². The molecule has 2 rings (SSSR count). The maximum atomic E-state index is 5.75. The lowest BCUT2D eigenvalue weighted by Gasteiger charge is -2.03. The molecule has 0 saturated carbocycles. The summed E-state index contributed by atoms with van der Waals surface area (Å²) >= 11 is 0. The second-order valence-electron chi connectivity index (χ2n) is 5.34. The first-order chi connectivity index (χ1) is 10.1. The molecular weight excluding hydrogens is 266 g/mol. The van der Waals surface area contributed by atoms with Gasteiger partial charge < -0.3 is 15.0 Å². The van der Waals surface area contributed by atoms with Crippen LogP contribution in [0.25, 0.3) is 11.5 Å². The Bertz CT molecular complexity index is 603. The highest BCUT2D eigenvalue weighted by Gasteiger charge is 2.11. The molecule has 0 fully saturated rings. The van der Waals surface area contributed by atoms with Gasteiger partial charge in [0, 0.05) is 12.0 Å². The van der Waals surface area contributed by atoms with E-state index in [1.54, 1.807) is 0 Å². The minimum atomic E-state index is 0.251. The molecule has 1 heterocycles. The van der Waals surface area contributed by atoms with Crippen molar-refractivity contribution in [1.29, 1.82) is 0 Å². The molecule has 0 bridgehead atoms. The van der Waals surface area contributed by atoms with Gasteiger partial charge in [-0.1, -0.05) is 37.2 Å². The van der Waals surface area contributed by atoms with Gasteiger partial charge in [0.25, 0.3) is 0 Å². The SMILES string of the molecule is Cc1oc(-c2ccccc2)nc1CON=C(N)CC(C)C. The topological polar surface area (TPSA) is 73.6 Å². The summed E-state index contributed by atoms with van der Waals surface area (Å²) in [6.07, 6.45) is 0.715. The number of aryl methyl sites for hydroxylation is 1. The maximum Gasteiger partial charge on any atom is 0.226 e. The first-order valence-corrected chi connectivity index (χ1v) is 7.02. The zero-order valence-electron chi connectivity index (χ0n) is 12.7. The average molecular weight is 287 g/mol. The standard InChI is InChI=1S/C16H21N3O2/c1-11(2)9-15(17)19-20-10-14-12(3)21-16(18-14)13-7-5-4-6-8-13/h4-8,11H,9-10H2,1-3H3,(H2,17,19). The van der Waals surface area contributed by atoms with Crippen LogP contribution in [0, 0.1) is 12.8 Å². The zero-order chi connectivity index (χ0) is 15.2. The first-order valence-electron chi connectivity index (χ1n) is 7.02. The Balaban J connectivity index is 2.00. The second-order valence-corrected chi connectivity index (χ2v) is 5.34. The molecule has 0 aliphatic heterocycles. The van der Waals surface area contributed by atoms with Gasteiger partial charge in [-0.25, -0.2) is 4.98 Å². The fourth-order valence-corrected chi connectivity index (χ4v) is 1.90. The van der Waals surface area contributed by atoms with E-state index in [9.17, 15) is 0 Å². The summed E-state index contributed by atoms with van der Waals surface area (Å²) in [5.74, 6) is 2.27. The summed E-state index contributed by atoms with van der Waals surface area (Å²) in [6, 6.07) is 9.75. The minimum Gasteiger partial charge on any atom is -0.441 e. The van der Waals surface area contributed by atoms with Crippen molar-refractivity contribution in [2.24, 2.45) is 16.8 Å². The van der Waals surface area contributed by atoms with Crippen molar-refractivity contribution in [3.8, 4) is 11.5 Å². The molecule has 0 atom stereocenters. The summed E-state index contributed by atoms with van der Waals surface area (Å²) < 4.78 is 5.65. The molecule has 0 aliphatic carbocycles. The number of oxime groups is 1. The van der Waals surface area contributed by atoms with Crippen molar-refractivity contribution in [3.05, 3.63) is 41.8 Å². The van der Waals surface area contributed by atoms with E-state index >= 15 is 0 Å². The van der Waals surface area contributed by atoms with Crippen molar-refractivity contribution in [1.82, 2.24) is 4.98 Å². The normalized spacial score (nSPS) is 11.9. The van der Waals surface area contributed by atoms with Crippen LogP contribution in [0.2, 0.25) is 0 Å². The van der Waals surface area contributed by atoms with Crippen LogP contribution in [-0.4, -0.2) is 10.8 Å². The van der Waals surface area contributed by atoms with Gasteiger partial charge in [-0.3, -0.25) is 0 Å². The van der Waals surface area contributed by atoms with Crippen molar-refractivity contribution in [3.63, 3.8) is 0 Å². The van der Waals surface area contributed by atoms with Crippen LogP contribution in [0.4, 0.5) is 0 Å². The summed E-state index contributed by atoms with van der Waals surface area (Å²) in [4.78, 5) is 9.69. The van der Waals surface area contributed by atoms with Gasteiger partial charge in [-0.15, -0.1) is 0 Å². The van der Waals surface area contributed by atoms with Crippen LogP contribution in [0.5, 0.6) is 0 Å². The predicted molar refractivity (Wildman–Crippen MR) is 82.5 cm³/mol. The predicted octanol–water partition coefficient (Wildman–Crippen LogP) is 3.48. The number of hydrogen-bond donors (Lipinski definition) is 1. The average Bonchev–Trinajstić information content (AvgIpc) is 2.80. The highest BCUT2D eigenvalue weighted by Crippen LogP contribution is 2.21. The third kappa shape index (κ3) is 4.34. The van der Waals surface area contributed by atoms with Crippen LogP contribution in [0.1, 0.15) is 31.7 Å². The fraction of sp³-hybridized carbons (Fsp3) is 0.375. The van der Waals surface area contributed by atoms with E-state index < -0.39 is 0 Å². The van der Waals surface area contributed by atoms with E-state index in [0.29, 0.717) is 24.1 Å². The van der Waals surface area contributed by atoms with E-state index in [0.717, 1.165) is 17.0 Å². The summed E-state index contributed by atoms with van der Waals surface area (Å²) in [5.41, 5.74) is 7.43. The number of oxazole rings is 1. The number of hydrogen-bond acceptors (Lipinski definition) is 4. The Kier molecular flexibility index (Phi) is 4.98. The Morgan fingerprint density at radius 2 is 2.05 bits per heavy atom. The largest absolute Gasteiger partial charge is 0.441 e. The van der Waals surface area contributed by atoms with Gasteiger partial charge in [0.1, 0.15) is 17.3 Å². The molecule has 0 spiro atoms. The Labute approximate surface area is 124 Å². The highest BCUT2D eigenvalue weighted by molar-refractivity contribution is 5.79. The van der Waals surface area contributed by atoms with E-state index in [1.165, 1.54) is 0 Å². The molecule has 2 aromatic rings. The van der Waals surface area contributed by atoms with Gasteiger partial charge in [-0.05, 0) is 25.0 Å². The van der Waals surface area contributed by atoms with Gasteiger partial charge in [0.2, 0.25) is 5.89 Å². The molecule has 0 aliphatic rings. The van der Waals surface area contributed by atoms with E-state index in [-0.39, 0.29) is 6.61 Å². The van der Waals surface area contributed by atoms with Crippen molar-refractivity contribution in [2.45, 2.75) is 33.8 Å². The molecule has 1 aromatic heterocycles. The van der Waals surface area contributed by atoms with Crippen molar-refractivity contribution >= 4 is 5.84 Å². The first kappa shape index (κ1) is 15.1. The van der Waals surface area contributed by atoms with Gasteiger partial charge in [-0.2, -0.15) is 0 Å². The van der Waals surface area contributed by atoms with Crippen molar-refractivity contribution in [2.75, 3.05) is 0 Å². The lowest BCUT2D eigenvalue weighted by Crippen LogP contribution is -2.14. The number of aromatic nitrogens is 1. The fourth-order valence-electron chi connectivity index (χ4n) is 1.90. The van der Waals surface area contributed by atoms with Crippen LogP contribution >= 0.6 is 0 Å². The number of benzene rings is 1. The van der Waals surface area contributed by atoms with Gasteiger partial charge in [0.05, 0.1) is 0 Å². The molecule has 5 heteroatoms. The molecule has 0 radical (unpaired) electrons. The Hall–Kier alpha value is -2.30. The molecule has 112 valence electrons. The monoisotopic (exact) mass is 287 g/mol. The van der Waals surface area contributed by atoms with Crippen LogP contribution in [0.3, 0.4) is 0 Å². The molecule has 0 unspecified atom stereocenters. The molecule has 5 nitrogen and oxygen atoms in total. The quantitative estimate of drug-likeness (QED) is 0.501. The molecule has 2 N–H and O–H groups in total. The lowest BCUT2D eigenvalue weighted by molar-refractivity contribution is 0.126. The Morgan fingerprint density at radius 1 is 1.33 bits per heavy atom. The number of rotatable bonds is 6. The minimum absolute atomic E-state index is 0.251. The van der Waals surface area contributed by atoms with E-state index in [2.05, 4.69) is 24.0 Å². The third-order valence-electron chi connectivity index (χ3n) is 2.91. The maximum absolute atomic E-state index is 5.75. The van der Waals surface area contributed by atoms with E-state index in [1.807, 2.05) is 37.3 Å². The smallest absolute Gasteiger partial charge is 0.226 e.